The molecule has 1 aromatic heterocycles. The third-order valence-corrected chi connectivity index (χ3v) is 6.84. The monoisotopic (exact) mass is 505 g/mol. The number of esters is 1. The van der Waals surface area contributed by atoms with Crippen LogP contribution in [-0.2, 0) is 29.2 Å². The van der Waals surface area contributed by atoms with Crippen LogP contribution in [0.2, 0.25) is 0 Å². The summed E-state index contributed by atoms with van der Waals surface area (Å²) in [4.78, 5) is 45.0. The van der Waals surface area contributed by atoms with E-state index in [4.69, 9.17) is 4.74 Å². The molecule has 1 fully saturated rings. The maximum absolute atomic E-state index is 13.5. The molecule has 0 unspecified atom stereocenters. The van der Waals surface area contributed by atoms with E-state index in [9.17, 15) is 14.4 Å². The first-order chi connectivity index (χ1) is 17.8. The Bertz CT molecular complexity index is 1310. The van der Waals surface area contributed by atoms with Crippen LogP contribution in [0.3, 0.4) is 0 Å². The van der Waals surface area contributed by atoms with E-state index in [2.05, 4.69) is 39.5 Å². The van der Waals surface area contributed by atoms with Gasteiger partial charge in [0.05, 0.1) is 19.6 Å². The number of anilines is 1. The van der Waals surface area contributed by atoms with Crippen LogP contribution in [0.25, 0.3) is 0 Å². The van der Waals surface area contributed by atoms with Gasteiger partial charge in [0, 0.05) is 32.2 Å². The third kappa shape index (κ3) is 6.74. The predicted molar refractivity (Wildman–Crippen MR) is 143 cm³/mol. The van der Waals surface area contributed by atoms with Crippen molar-refractivity contribution in [2.45, 2.75) is 52.4 Å². The maximum Gasteiger partial charge on any atom is 0.354 e. The van der Waals surface area contributed by atoms with Crippen LogP contribution < -0.4 is 16.7 Å². The van der Waals surface area contributed by atoms with Crippen LogP contribution in [0.5, 0.6) is 0 Å². The largest absolute Gasteiger partial charge is 0.469 e. The number of hydrogen-bond donors (Lipinski definition) is 1. The Morgan fingerprint density at radius 3 is 2.30 bits per heavy atom. The van der Waals surface area contributed by atoms with Crippen LogP contribution >= 0.6 is 0 Å². The number of aryl methyl sites for hydroxylation is 1. The molecule has 37 heavy (non-hydrogen) atoms. The number of nitrogens with zero attached hydrogens (tertiary/aromatic N) is 4. The summed E-state index contributed by atoms with van der Waals surface area (Å²) in [5.74, 6) is -0.877. The van der Waals surface area contributed by atoms with E-state index in [-0.39, 0.29) is 25.1 Å². The molecule has 1 aliphatic heterocycles. The van der Waals surface area contributed by atoms with Gasteiger partial charge in [0.1, 0.15) is 0 Å². The highest BCUT2D eigenvalue weighted by Crippen LogP contribution is 2.17. The highest BCUT2D eigenvalue weighted by molar-refractivity contribution is 5.71. The number of carbonyl (C=O) groups is 1. The number of ether oxygens (including phenoxy) is 1. The van der Waals surface area contributed by atoms with Gasteiger partial charge in [-0.05, 0) is 30.9 Å². The van der Waals surface area contributed by atoms with Gasteiger partial charge in [0.15, 0.2) is 0 Å². The van der Waals surface area contributed by atoms with Crippen molar-refractivity contribution in [1.82, 2.24) is 19.0 Å². The Morgan fingerprint density at radius 2 is 1.65 bits per heavy atom. The normalized spacial score (nSPS) is 15.3. The third-order valence-electron chi connectivity index (χ3n) is 6.84. The summed E-state index contributed by atoms with van der Waals surface area (Å²) in [5, 5.41) is 3.38. The average molecular weight is 506 g/mol. The maximum atomic E-state index is 13.5. The smallest absolute Gasteiger partial charge is 0.354 e. The lowest BCUT2D eigenvalue weighted by Gasteiger charge is -2.33. The molecule has 1 atom stereocenters. The molecule has 3 aromatic rings. The molecule has 0 saturated carbocycles. The van der Waals surface area contributed by atoms with Gasteiger partial charge in [0.2, 0.25) is 5.95 Å². The summed E-state index contributed by atoms with van der Waals surface area (Å²) >= 11 is 0. The van der Waals surface area contributed by atoms with E-state index < -0.39 is 23.3 Å². The highest BCUT2D eigenvalue weighted by Gasteiger charge is 2.23. The quantitative estimate of drug-likeness (QED) is 0.447. The molecule has 0 bridgehead atoms. The minimum atomic E-state index is -0.676. The van der Waals surface area contributed by atoms with Crippen molar-refractivity contribution in [3.63, 3.8) is 0 Å². The zero-order valence-electron chi connectivity index (χ0n) is 21.7. The molecule has 1 saturated heterocycles. The van der Waals surface area contributed by atoms with E-state index in [1.807, 2.05) is 37.3 Å². The first-order valence-electron chi connectivity index (χ1n) is 12.7. The molecular formula is C28H35N5O4. The summed E-state index contributed by atoms with van der Waals surface area (Å²) in [6.45, 7) is 6.50. The van der Waals surface area contributed by atoms with Crippen molar-refractivity contribution in [2.24, 2.45) is 5.92 Å². The van der Waals surface area contributed by atoms with Crippen molar-refractivity contribution in [1.29, 1.82) is 0 Å². The SMILES string of the molecule is COC(=O)[C@@H](C)Cn1c(=O)nc(NC2CCN(Cc3ccccc3)CC2)n(Cc2ccc(C)cc2)c1=O. The van der Waals surface area contributed by atoms with E-state index in [0.29, 0.717) is 0 Å². The molecule has 4 rings (SSSR count). The molecule has 196 valence electrons. The molecule has 2 heterocycles. The average Bonchev–Trinajstić information content (AvgIpc) is 2.91. The number of likely N-dealkylation sites (tertiary alicyclic amines) is 1. The summed E-state index contributed by atoms with van der Waals surface area (Å²) in [7, 11) is 1.29. The number of nitrogens with one attached hydrogen (secondary N) is 1. The zero-order valence-corrected chi connectivity index (χ0v) is 21.7. The van der Waals surface area contributed by atoms with Gasteiger partial charge in [-0.15, -0.1) is 0 Å². The summed E-state index contributed by atoms with van der Waals surface area (Å²) in [6, 6.07) is 18.4. The fraction of sp³-hybridized carbons (Fsp3) is 0.429. The van der Waals surface area contributed by atoms with Crippen LogP contribution in [0.15, 0.2) is 64.2 Å². The molecule has 9 nitrogen and oxygen atoms in total. The minimum Gasteiger partial charge on any atom is -0.469 e. The van der Waals surface area contributed by atoms with E-state index in [1.54, 1.807) is 6.92 Å². The molecule has 1 N–H and O–H groups in total. The Morgan fingerprint density at radius 1 is 1.00 bits per heavy atom. The summed E-state index contributed by atoms with van der Waals surface area (Å²) < 4.78 is 7.28. The highest BCUT2D eigenvalue weighted by atomic mass is 16.5. The number of benzene rings is 2. The first kappa shape index (κ1) is 26.3. The molecule has 0 radical (unpaired) electrons. The molecule has 9 heteroatoms. The van der Waals surface area contributed by atoms with Gasteiger partial charge in [-0.2, -0.15) is 4.98 Å². The van der Waals surface area contributed by atoms with Crippen molar-refractivity contribution < 1.29 is 9.53 Å². The van der Waals surface area contributed by atoms with Gasteiger partial charge < -0.3 is 10.1 Å². The van der Waals surface area contributed by atoms with Crippen LogP contribution in [0.1, 0.15) is 36.5 Å². The lowest BCUT2D eigenvalue weighted by atomic mass is 10.0. The standard InChI is InChI=1S/C28H35N5O4/c1-20-9-11-23(12-10-20)19-32-26(30-27(35)33(28(32)36)17-21(2)25(34)37-3)29-24-13-15-31(16-14-24)18-22-7-5-4-6-8-22/h4-12,21,24H,13-19H2,1-3H3,(H,29,30,35)/t21-/m0/s1. The molecular weight excluding hydrogens is 470 g/mol. The van der Waals surface area contributed by atoms with Crippen LogP contribution in [0.4, 0.5) is 5.95 Å². The van der Waals surface area contributed by atoms with E-state index in [1.165, 1.54) is 17.2 Å². The second-order valence-corrected chi connectivity index (χ2v) is 9.79. The summed E-state index contributed by atoms with van der Waals surface area (Å²) in [6.07, 6.45) is 1.74. The molecule has 2 aromatic carbocycles. The Labute approximate surface area is 216 Å². The van der Waals surface area contributed by atoms with Crippen molar-refractivity contribution in [2.75, 3.05) is 25.5 Å². The van der Waals surface area contributed by atoms with E-state index in [0.717, 1.165) is 48.2 Å². The van der Waals surface area contributed by atoms with Crippen molar-refractivity contribution >= 4 is 11.9 Å². The Hall–Kier alpha value is -3.72. The Balaban J connectivity index is 1.55. The lowest BCUT2D eigenvalue weighted by molar-refractivity contribution is -0.145. The van der Waals surface area contributed by atoms with Gasteiger partial charge in [-0.1, -0.05) is 67.1 Å². The fourth-order valence-electron chi connectivity index (χ4n) is 4.62. The topological polar surface area (TPSA) is 98.5 Å². The lowest BCUT2D eigenvalue weighted by Crippen LogP contribution is -2.46. The number of hydrogen-bond acceptors (Lipinski definition) is 7. The molecule has 0 aliphatic carbocycles. The second kappa shape index (κ2) is 12.0. The van der Waals surface area contributed by atoms with Gasteiger partial charge >= 0.3 is 17.3 Å². The molecule has 1 aliphatic rings. The first-order valence-corrected chi connectivity index (χ1v) is 12.7. The Kier molecular flexibility index (Phi) is 8.55. The van der Waals surface area contributed by atoms with Gasteiger partial charge in [0.25, 0.3) is 0 Å². The van der Waals surface area contributed by atoms with Crippen LogP contribution in [0, 0.1) is 12.8 Å². The van der Waals surface area contributed by atoms with Gasteiger partial charge in [-0.25, -0.2) is 14.2 Å². The minimum absolute atomic E-state index is 0.0902. The van der Waals surface area contributed by atoms with Crippen molar-refractivity contribution in [3.05, 3.63) is 92.3 Å². The number of carbonyl (C=O) groups excluding carboxylic acids is 1. The van der Waals surface area contributed by atoms with Crippen LogP contribution in [-0.4, -0.2) is 51.2 Å². The fourth-order valence-corrected chi connectivity index (χ4v) is 4.62. The summed E-state index contributed by atoms with van der Waals surface area (Å²) in [5.41, 5.74) is 2.14. The van der Waals surface area contributed by atoms with E-state index >= 15 is 0 Å². The number of piperidine rings is 1. The zero-order chi connectivity index (χ0) is 26.4. The number of rotatable bonds is 9. The number of aromatic nitrogens is 3. The molecule has 0 amide bonds. The predicted octanol–water partition coefficient (Wildman–Crippen LogP) is 2.65. The molecule has 0 spiro atoms. The second-order valence-electron chi connectivity index (χ2n) is 9.79. The van der Waals surface area contributed by atoms with Crippen molar-refractivity contribution in [3.8, 4) is 0 Å². The van der Waals surface area contributed by atoms with Gasteiger partial charge in [-0.3, -0.25) is 14.3 Å². The number of methoxy groups -OCH3 is 1.